The summed E-state index contributed by atoms with van der Waals surface area (Å²) in [6.07, 6.45) is 1.15. The number of hydrogen-bond acceptors (Lipinski definition) is 4. The van der Waals surface area contributed by atoms with Crippen LogP contribution in [-0.4, -0.2) is 23.8 Å². The molecule has 0 bridgehead atoms. The van der Waals surface area contributed by atoms with E-state index in [0.717, 1.165) is 16.9 Å². The van der Waals surface area contributed by atoms with Crippen molar-refractivity contribution < 1.29 is 9.47 Å². The molecule has 1 heterocycles. The molecule has 122 valence electrons. The van der Waals surface area contributed by atoms with Gasteiger partial charge in [-0.3, -0.25) is 0 Å². The van der Waals surface area contributed by atoms with Crippen molar-refractivity contribution in [2.75, 3.05) is 14.2 Å². The molecule has 0 atom stereocenters. The van der Waals surface area contributed by atoms with E-state index in [9.17, 15) is 0 Å². The molecule has 5 nitrogen and oxygen atoms in total. The Morgan fingerprint density at radius 2 is 1.79 bits per heavy atom. The monoisotopic (exact) mass is 321 g/mol. The van der Waals surface area contributed by atoms with Crippen molar-refractivity contribution in [1.82, 2.24) is 9.55 Å². The molecule has 0 aliphatic carbocycles. The van der Waals surface area contributed by atoms with Crippen molar-refractivity contribution in [3.63, 3.8) is 0 Å². The van der Waals surface area contributed by atoms with E-state index in [1.807, 2.05) is 30.3 Å². The molecule has 0 unspecified atom stereocenters. The van der Waals surface area contributed by atoms with Gasteiger partial charge < -0.3 is 14.0 Å². The summed E-state index contributed by atoms with van der Waals surface area (Å²) in [5.74, 6) is 2.25. The fourth-order valence-corrected chi connectivity index (χ4v) is 2.83. The smallest absolute Gasteiger partial charge is 0.163 e. The third kappa shape index (κ3) is 3.04. The lowest BCUT2D eigenvalue weighted by atomic mass is 10.1. The summed E-state index contributed by atoms with van der Waals surface area (Å²) < 4.78 is 12.9. The number of fused-ring (bicyclic) bond motifs is 1. The lowest BCUT2D eigenvalue weighted by Gasteiger charge is -2.10. The molecule has 0 aliphatic heterocycles. The number of nitriles is 1. The van der Waals surface area contributed by atoms with Crippen molar-refractivity contribution in [2.45, 2.75) is 19.4 Å². The van der Waals surface area contributed by atoms with Crippen LogP contribution in [0.5, 0.6) is 11.5 Å². The van der Waals surface area contributed by atoms with Gasteiger partial charge in [0, 0.05) is 25.1 Å². The zero-order chi connectivity index (χ0) is 16.9. The van der Waals surface area contributed by atoms with Crippen molar-refractivity contribution in [3.05, 3.63) is 53.9 Å². The van der Waals surface area contributed by atoms with Crippen molar-refractivity contribution in [2.24, 2.45) is 0 Å². The second-order valence-electron chi connectivity index (χ2n) is 5.45. The first-order valence-electron chi connectivity index (χ1n) is 7.79. The molecule has 0 N–H and O–H groups in total. The van der Waals surface area contributed by atoms with Crippen molar-refractivity contribution >= 4 is 11.0 Å². The van der Waals surface area contributed by atoms with Crippen LogP contribution < -0.4 is 9.47 Å². The number of benzene rings is 2. The number of hydrogen-bond donors (Lipinski definition) is 0. The molecule has 0 aliphatic rings. The topological polar surface area (TPSA) is 60.1 Å². The van der Waals surface area contributed by atoms with Crippen LogP contribution in [0.1, 0.15) is 17.8 Å². The Labute approximate surface area is 141 Å². The number of rotatable bonds is 6. The molecule has 5 heteroatoms. The van der Waals surface area contributed by atoms with Crippen LogP contribution in [-0.2, 0) is 13.0 Å². The Morgan fingerprint density at radius 3 is 2.46 bits per heavy atom. The van der Waals surface area contributed by atoms with Gasteiger partial charge in [-0.05, 0) is 5.56 Å². The lowest BCUT2D eigenvalue weighted by Crippen LogP contribution is -2.04. The maximum Gasteiger partial charge on any atom is 0.163 e. The molecular weight excluding hydrogens is 302 g/mol. The van der Waals surface area contributed by atoms with Gasteiger partial charge in [0.2, 0.25) is 0 Å². The second kappa shape index (κ2) is 7.05. The Morgan fingerprint density at radius 1 is 1.08 bits per heavy atom. The molecule has 24 heavy (non-hydrogen) atoms. The van der Waals surface area contributed by atoms with E-state index < -0.39 is 0 Å². The first kappa shape index (κ1) is 15.9. The maximum atomic E-state index is 8.97. The summed E-state index contributed by atoms with van der Waals surface area (Å²) in [4.78, 5) is 4.76. The van der Waals surface area contributed by atoms with Crippen LogP contribution >= 0.6 is 0 Å². The molecular formula is C19H19N3O2. The molecule has 3 aromatic rings. The zero-order valence-electron chi connectivity index (χ0n) is 13.8. The third-order valence-electron chi connectivity index (χ3n) is 3.98. The standard InChI is InChI=1S/C19H19N3O2/c1-23-17-12-15-16(13-18(17)24-2)22(10-6-9-20)19(21-15)11-14-7-4-3-5-8-14/h3-5,7-8,12-13H,6,10-11H2,1-2H3. The van der Waals surface area contributed by atoms with Crippen LogP contribution in [0.3, 0.4) is 0 Å². The number of aromatic nitrogens is 2. The molecule has 0 spiro atoms. The Bertz CT molecular complexity index is 879. The van der Waals surface area contributed by atoms with E-state index in [-0.39, 0.29) is 0 Å². The largest absolute Gasteiger partial charge is 0.493 e. The highest BCUT2D eigenvalue weighted by atomic mass is 16.5. The minimum Gasteiger partial charge on any atom is -0.493 e. The molecule has 0 amide bonds. The van der Waals surface area contributed by atoms with Gasteiger partial charge in [0.15, 0.2) is 11.5 Å². The highest BCUT2D eigenvalue weighted by molar-refractivity contribution is 5.80. The van der Waals surface area contributed by atoms with Crippen LogP contribution in [0.4, 0.5) is 0 Å². The summed E-state index contributed by atoms with van der Waals surface area (Å²) in [7, 11) is 3.23. The Kier molecular flexibility index (Phi) is 4.66. The first-order chi connectivity index (χ1) is 11.8. The fraction of sp³-hybridized carbons (Fsp3) is 0.263. The average Bonchev–Trinajstić information content (AvgIpc) is 2.95. The van der Waals surface area contributed by atoms with E-state index in [4.69, 9.17) is 19.7 Å². The van der Waals surface area contributed by atoms with Gasteiger partial charge in [-0.15, -0.1) is 0 Å². The lowest BCUT2D eigenvalue weighted by molar-refractivity contribution is 0.355. The van der Waals surface area contributed by atoms with Gasteiger partial charge in [-0.1, -0.05) is 30.3 Å². The van der Waals surface area contributed by atoms with Crippen LogP contribution in [0.25, 0.3) is 11.0 Å². The maximum absolute atomic E-state index is 8.97. The highest BCUT2D eigenvalue weighted by Crippen LogP contribution is 2.33. The summed E-state index contributed by atoms with van der Waals surface area (Å²) in [5, 5.41) is 8.97. The van der Waals surface area contributed by atoms with Gasteiger partial charge in [0.25, 0.3) is 0 Å². The van der Waals surface area contributed by atoms with Crippen LogP contribution in [0, 0.1) is 11.3 Å². The molecule has 0 saturated heterocycles. The summed E-state index contributed by atoms with van der Waals surface area (Å²) in [6.45, 7) is 0.602. The average molecular weight is 321 g/mol. The highest BCUT2D eigenvalue weighted by Gasteiger charge is 2.15. The van der Waals surface area contributed by atoms with E-state index in [1.54, 1.807) is 14.2 Å². The Hall–Kier alpha value is -3.00. The zero-order valence-corrected chi connectivity index (χ0v) is 13.8. The predicted molar refractivity (Wildman–Crippen MR) is 92.3 cm³/mol. The SMILES string of the molecule is COc1cc2nc(Cc3ccccc3)n(CCC#N)c2cc1OC. The molecule has 1 aromatic heterocycles. The van der Waals surface area contributed by atoms with Crippen molar-refractivity contribution in [3.8, 4) is 17.6 Å². The molecule has 0 fully saturated rings. The molecule has 0 radical (unpaired) electrons. The van der Waals surface area contributed by atoms with Crippen LogP contribution in [0.2, 0.25) is 0 Å². The van der Waals surface area contributed by atoms with Gasteiger partial charge in [0.05, 0.1) is 37.7 Å². The van der Waals surface area contributed by atoms with Gasteiger partial charge in [0.1, 0.15) is 5.82 Å². The van der Waals surface area contributed by atoms with Crippen LogP contribution in [0.15, 0.2) is 42.5 Å². The second-order valence-corrected chi connectivity index (χ2v) is 5.45. The van der Waals surface area contributed by atoms with E-state index in [1.165, 1.54) is 5.56 Å². The predicted octanol–water partition coefficient (Wildman–Crippen LogP) is 3.56. The van der Waals surface area contributed by atoms with Crippen molar-refractivity contribution in [1.29, 1.82) is 5.26 Å². The first-order valence-corrected chi connectivity index (χ1v) is 7.79. The summed E-state index contributed by atoms with van der Waals surface area (Å²) in [6, 6.07) is 16.2. The fourth-order valence-electron chi connectivity index (χ4n) is 2.83. The minimum atomic E-state index is 0.432. The van der Waals surface area contributed by atoms with E-state index in [0.29, 0.717) is 30.9 Å². The minimum absolute atomic E-state index is 0.432. The number of methoxy groups -OCH3 is 2. The molecule has 3 rings (SSSR count). The van der Waals surface area contributed by atoms with E-state index >= 15 is 0 Å². The third-order valence-corrected chi connectivity index (χ3v) is 3.98. The quantitative estimate of drug-likeness (QED) is 0.696. The number of imidazole rings is 1. The number of aryl methyl sites for hydroxylation is 1. The van der Waals surface area contributed by atoms with E-state index in [2.05, 4.69) is 22.8 Å². The van der Waals surface area contributed by atoms with Gasteiger partial charge >= 0.3 is 0 Å². The van der Waals surface area contributed by atoms with Gasteiger partial charge in [-0.2, -0.15) is 5.26 Å². The number of ether oxygens (including phenoxy) is 2. The van der Waals surface area contributed by atoms with Gasteiger partial charge in [-0.25, -0.2) is 4.98 Å². The summed E-state index contributed by atoms with van der Waals surface area (Å²) in [5.41, 5.74) is 2.98. The normalized spacial score (nSPS) is 10.5. The summed E-state index contributed by atoms with van der Waals surface area (Å²) >= 11 is 0. The Balaban J connectivity index is 2.11. The number of nitrogens with zero attached hydrogens (tertiary/aromatic N) is 3. The molecule has 0 saturated carbocycles. The molecule has 2 aromatic carbocycles.